The fourth-order valence-electron chi connectivity index (χ4n) is 8.99. The van der Waals surface area contributed by atoms with E-state index in [1.165, 1.54) is 0 Å². The van der Waals surface area contributed by atoms with Gasteiger partial charge in [0.2, 0.25) is 0 Å². The maximum Gasteiger partial charge on any atom is 0.259 e. The summed E-state index contributed by atoms with van der Waals surface area (Å²) >= 11 is 6.00. The highest BCUT2D eigenvalue weighted by Crippen LogP contribution is 2.35. The Labute approximate surface area is 436 Å². The zero-order valence-corrected chi connectivity index (χ0v) is 42.8. The van der Waals surface area contributed by atoms with Crippen LogP contribution in [0.25, 0.3) is 0 Å². The fourth-order valence-corrected chi connectivity index (χ4v) is 9.36. The first-order chi connectivity index (χ1) is 36.0. The third-order valence-electron chi connectivity index (χ3n) is 12.9. The number of benzene rings is 6. The lowest BCUT2D eigenvalue weighted by atomic mass is 9.97. The molecule has 0 unspecified atom stereocenters. The van der Waals surface area contributed by atoms with Crippen LogP contribution in [0.4, 0.5) is 0 Å². The van der Waals surface area contributed by atoms with Crippen molar-refractivity contribution in [1.82, 2.24) is 4.90 Å². The van der Waals surface area contributed by atoms with E-state index in [0.717, 1.165) is 33.4 Å². The topological polar surface area (TPSA) is 105 Å². The van der Waals surface area contributed by atoms with E-state index in [0.29, 0.717) is 31.5 Å². The largest absolute Gasteiger partial charge is 0.462 e. The number of rotatable bonds is 26. The molecule has 0 spiro atoms. The van der Waals surface area contributed by atoms with Crippen LogP contribution in [0.1, 0.15) is 47.2 Å². The van der Waals surface area contributed by atoms with E-state index in [4.69, 9.17) is 64.3 Å². The monoisotopic (exact) mass is 1010 g/mol. The summed E-state index contributed by atoms with van der Waals surface area (Å²) in [5.41, 5.74) is 5.92. The fraction of sp³-hybridized carbons (Fsp3) is 0.383. The van der Waals surface area contributed by atoms with Gasteiger partial charge in [-0.25, -0.2) is 0 Å². The summed E-state index contributed by atoms with van der Waals surface area (Å²) in [4.78, 5) is 1.99. The Morgan fingerprint density at radius 2 is 0.726 bits per heavy atom. The van der Waals surface area contributed by atoms with Crippen molar-refractivity contribution in [2.75, 3.05) is 33.4 Å². The molecule has 10 atom stereocenters. The van der Waals surface area contributed by atoms with Crippen molar-refractivity contribution in [2.24, 2.45) is 0 Å². The van der Waals surface area contributed by atoms with Crippen LogP contribution < -0.4 is 0 Å². The summed E-state index contributed by atoms with van der Waals surface area (Å²) in [7, 11) is 1.61. The molecule has 2 heterocycles. The summed E-state index contributed by atoms with van der Waals surface area (Å²) in [5.74, 6) is 0. The molecule has 2 aliphatic heterocycles. The number of methoxy groups -OCH3 is 1. The van der Waals surface area contributed by atoms with Crippen LogP contribution in [0.15, 0.2) is 182 Å². The highest BCUT2D eigenvalue weighted by atomic mass is 32.1. The van der Waals surface area contributed by atoms with Crippen molar-refractivity contribution in [3.63, 3.8) is 0 Å². The van der Waals surface area contributed by atoms with Gasteiger partial charge < -0.3 is 57.0 Å². The van der Waals surface area contributed by atoms with E-state index >= 15 is 0 Å². The lowest BCUT2D eigenvalue weighted by Crippen LogP contribution is -2.64. The standard InChI is InChI=1S/C60H69NO11S/c1-4-61(5-2)60(73)72-53-50(42-63-36-44-24-12-6-13-25-44)71-59(57(68-41-49-34-22-11-23-35-49)55(53)66-39-47-30-18-9-19-31-47)69-43-51-52(64-37-45-26-14-7-15-27-45)54(65-38-46-28-16-8-17-29-46)56(58(62-3)70-51)67-40-48-32-20-10-21-33-48/h6-35,50-59H,4-5,36-43H2,1-3H3/t50-,51-,52-,53+,54+,55+,56-,57-,58+,59+/m1/s1. The number of nitrogens with zero attached hydrogens (tertiary/aromatic N) is 1. The van der Waals surface area contributed by atoms with Crippen molar-refractivity contribution in [3.8, 4) is 0 Å². The average molecular weight is 1010 g/mol. The average Bonchev–Trinajstić information content (AvgIpc) is 3.44. The molecule has 2 aliphatic rings. The lowest BCUT2D eigenvalue weighted by molar-refractivity contribution is -0.347. The van der Waals surface area contributed by atoms with Crippen LogP contribution in [0.2, 0.25) is 0 Å². The minimum atomic E-state index is -1.04. The van der Waals surface area contributed by atoms with Crippen LogP contribution in [-0.4, -0.2) is 105 Å². The third-order valence-corrected chi connectivity index (χ3v) is 13.3. The predicted octanol–water partition coefficient (Wildman–Crippen LogP) is 10.3. The molecule has 73 heavy (non-hydrogen) atoms. The molecule has 2 fully saturated rings. The van der Waals surface area contributed by atoms with Crippen LogP contribution in [0.3, 0.4) is 0 Å². The van der Waals surface area contributed by atoms with E-state index < -0.39 is 61.4 Å². The Hall–Kier alpha value is -5.39. The van der Waals surface area contributed by atoms with Gasteiger partial charge in [0.05, 0.1) is 52.9 Å². The first-order valence-corrected chi connectivity index (χ1v) is 25.7. The predicted molar refractivity (Wildman–Crippen MR) is 282 cm³/mol. The second-order valence-electron chi connectivity index (χ2n) is 18.0. The van der Waals surface area contributed by atoms with E-state index in [1.54, 1.807) is 7.11 Å². The molecule has 0 saturated carbocycles. The molecule has 2 saturated heterocycles. The van der Waals surface area contributed by atoms with Gasteiger partial charge in [-0.2, -0.15) is 0 Å². The van der Waals surface area contributed by atoms with Crippen molar-refractivity contribution < 1.29 is 52.1 Å². The maximum absolute atomic E-state index is 7.08. The highest BCUT2D eigenvalue weighted by molar-refractivity contribution is 7.80. The minimum absolute atomic E-state index is 0.0296. The number of thiocarbonyl (C=S) groups is 1. The summed E-state index contributed by atoms with van der Waals surface area (Å²) in [6.07, 6.45) is -7.91. The number of hydrogen-bond donors (Lipinski definition) is 0. The second-order valence-corrected chi connectivity index (χ2v) is 18.3. The quantitative estimate of drug-likeness (QED) is 0.0482. The number of ether oxygens (including phenoxy) is 11. The Kier molecular flexibility index (Phi) is 21.3. The maximum atomic E-state index is 7.08. The number of hydrogen-bond acceptors (Lipinski definition) is 12. The van der Waals surface area contributed by atoms with Crippen molar-refractivity contribution in [3.05, 3.63) is 215 Å². The van der Waals surface area contributed by atoms with E-state index in [9.17, 15) is 0 Å². The van der Waals surface area contributed by atoms with Crippen molar-refractivity contribution >= 4 is 17.4 Å². The van der Waals surface area contributed by atoms with Gasteiger partial charge in [0.1, 0.15) is 42.7 Å². The molecule has 386 valence electrons. The summed E-state index contributed by atoms with van der Waals surface area (Å²) in [6, 6.07) is 60.1. The Morgan fingerprint density at radius 3 is 1.12 bits per heavy atom. The van der Waals surface area contributed by atoms with Crippen LogP contribution in [-0.2, 0) is 91.7 Å². The molecule has 12 nitrogen and oxygen atoms in total. The van der Waals surface area contributed by atoms with Crippen LogP contribution >= 0.6 is 12.2 Å². The molecule has 13 heteroatoms. The molecule has 0 amide bonds. The first-order valence-electron chi connectivity index (χ1n) is 25.3. The summed E-state index contributed by atoms with van der Waals surface area (Å²) in [5, 5.41) is 0.325. The second kappa shape index (κ2) is 28.9. The van der Waals surface area contributed by atoms with Crippen molar-refractivity contribution in [2.45, 2.75) is 115 Å². The molecule has 0 aromatic heterocycles. The normalized spacial score (nSPS) is 23.9. The van der Waals surface area contributed by atoms with Crippen LogP contribution in [0.5, 0.6) is 0 Å². The smallest absolute Gasteiger partial charge is 0.259 e. The molecule has 8 rings (SSSR count). The lowest BCUT2D eigenvalue weighted by Gasteiger charge is -2.48. The highest BCUT2D eigenvalue weighted by Gasteiger charge is 2.53. The molecule has 0 aliphatic carbocycles. The molecular formula is C60H69NO11S. The first kappa shape index (κ1) is 53.9. The molecule has 6 aromatic carbocycles. The molecule has 6 aromatic rings. The van der Waals surface area contributed by atoms with E-state index in [2.05, 4.69) is 0 Å². The Bertz CT molecular complexity index is 2440. The Balaban J connectivity index is 1.14. The summed E-state index contributed by atoms with van der Waals surface area (Å²) in [6.45, 7) is 7.16. The third kappa shape index (κ3) is 15.8. The zero-order chi connectivity index (χ0) is 50.5. The summed E-state index contributed by atoms with van der Waals surface area (Å²) < 4.78 is 75.0. The molecular weight excluding hydrogens is 943 g/mol. The van der Waals surface area contributed by atoms with Gasteiger partial charge >= 0.3 is 0 Å². The van der Waals surface area contributed by atoms with Gasteiger partial charge in [0, 0.05) is 20.2 Å². The minimum Gasteiger partial charge on any atom is -0.462 e. The van der Waals surface area contributed by atoms with Gasteiger partial charge in [-0.1, -0.05) is 182 Å². The molecule has 0 N–H and O–H groups in total. The van der Waals surface area contributed by atoms with Gasteiger partial charge in [-0.3, -0.25) is 0 Å². The van der Waals surface area contributed by atoms with Crippen molar-refractivity contribution in [1.29, 1.82) is 0 Å². The zero-order valence-electron chi connectivity index (χ0n) is 42.0. The Morgan fingerprint density at radius 1 is 0.397 bits per heavy atom. The van der Waals surface area contributed by atoms with Gasteiger partial charge in [0.15, 0.2) is 18.7 Å². The van der Waals surface area contributed by atoms with Gasteiger partial charge in [0.25, 0.3) is 5.17 Å². The van der Waals surface area contributed by atoms with Crippen LogP contribution in [0, 0.1) is 0 Å². The molecule has 0 radical (unpaired) electrons. The van der Waals surface area contributed by atoms with Gasteiger partial charge in [-0.15, -0.1) is 0 Å². The molecule has 0 bridgehead atoms. The van der Waals surface area contributed by atoms with E-state index in [1.807, 2.05) is 201 Å². The van der Waals surface area contributed by atoms with E-state index in [-0.39, 0.29) is 39.6 Å². The SMILES string of the molecule is CCN(CC)C(=S)O[C@@H]1[C@H](OCc2ccccc2)[C@@H](OCc2ccccc2)[C@@H](OC[C@H]2O[C@H](OC)[C@H](OCc3ccccc3)[C@@H](OCc3ccccc3)[C@@H]2OCc2ccccc2)O[C@@H]1COCc1ccccc1. The van der Waals surface area contributed by atoms with Gasteiger partial charge in [-0.05, 0) is 59.4 Å².